The first-order chi connectivity index (χ1) is 10.2. The third-order valence-electron chi connectivity index (χ3n) is 5.20. The summed E-state index contributed by atoms with van der Waals surface area (Å²) in [6, 6.07) is 4.92. The van der Waals surface area contributed by atoms with Gasteiger partial charge in [0.05, 0.1) is 5.92 Å². The number of aryl methyl sites for hydroxylation is 1. The van der Waals surface area contributed by atoms with Crippen molar-refractivity contribution in [1.82, 2.24) is 9.80 Å². The molecule has 1 aromatic heterocycles. The van der Waals surface area contributed by atoms with Crippen LogP contribution in [0.1, 0.15) is 35.4 Å². The zero-order valence-corrected chi connectivity index (χ0v) is 13.6. The number of carbonyl (C=O) groups is 1. The Hall–Kier alpha value is -0.870. The molecule has 3 aliphatic heterocycles. The molecule has 4 aliphatic rings. The second kappa shape index (κ2) is 5.40. The van der Waals surface area contributed by atoms with Crippen LogP contribution in [0.25, 0.3) is 0 Å². The normalized spacial score (nSPS) is 30.0. The number of nitrogens with zero attached hydrogens (tertiary/aromatic N) is 2. The maximum atomic E-state index is 12.7. The lowest BCUT2D eigenvalue weighted by atomic mass is 9.94. The van der Waals surface area contributed by atoms with Gasteiger partial charge in [0.1, 0.15) is 0 Å². The Kier molecular flexibility index (Phi) is 3.54. The molecule has 4 heterocycles. The van der Waals surface area contributed by atoms with Gasteiger partial charge in [-0.15, -0.1) is 11.3 Å². The van der Waals surface area contributed by atoms with Gasteiger partial charge in [-0.2, -0.15) is 0 Å². The van der Waals surface area contributed by atoms with Crippen LogP contribution in [-0.4, -0.2) is 41.4 Å². The molecule has 4 heteroatoms. The minimum absolute atomic E-state index is 0.253. The van der Waals surface area contributed by atoms with E-state index in [1.165, 1.54) is 29.0 Å². The maximum Gasteiger partial charge on any atom is 0.227 e. The average Bonchev–Trinajstić information content (AvgIpc) is 3.22. The predicted molar refractivity (Wildman–Crippen MR) is 85.3 cm³/mol. The zero-order valence-electron chi connectivity index (χ0n) is 12.8. The van der Waals surface area contributed by atoms with E-state index in [-0.39, 0.29) is 5.92 Å². The topological polar surface area (TPSA) is 23.6 Å². The summed E-state index contributed by atoms with van der Waals surface area (Å²) in [5.74, 6) is 1.51. The highest BCUT2D eigenvalue weighted by molar-refractivity contribution is 7.11. The lowest BCUT2D eigenvalue weighted by Gasteiger charge is -2.36. The largest absolute Gasteiger partial charge is 0.338 e. The maximum absolute atomic E-state index is 12.7. The van der Waals surface area contributed by atoms with Crippen LogP contribution in [-0.2, 0) is 11.3 Å². The van der Waals surface area contributed by atoms with E-state index < -0.39 is 0 Å². The lowest BCUT2D eigenvalue weighted by molar-refractivity contribution is -0.140. The zero-order chi connectivity index (χ0) is 14.4. The van der Waals surface area contributed by atoms with Gasteiger partial charge < -0.3 is 4.90 Å². The van der Waals surface area contributed by atoms with Crippen LogP contribution in [0.5, 0.6) is 0 Å². The van der Waals surface area contributed by atoms with Crippen molar-refractivity contribution in [3.63, 3.8) is 0 Å². The molecule has 4 fully saturated rings. The van der Waals surface area contributed by atoms with Gasteiger partial charge in [0.2, 0.25) is 5.91 Å². The summed E-state index contributed by atoms with van der Waals surface area (Å²) in [6.45, 7) is 6.27. The number of amides is 1. The number of rotatable bonds is 4. The Morgan fingerprint density at radius 2 is 2.05 bits per heavy atom. The summed E-state index contributed by atoms with van der Waals surface area (Å²) in [6.07, 6.45) is 4.98. The van der Waals surface area contributed by atoms with Crippen LogP contribution < -0.4 is 0 Å². The van der Waals surface area contributed by atoms with Crippen LogP contribution in [0.3, 0.4) is 0 Å². The van der Waals surface area contributed by atoms with Gasteiger partial charge >= 0.3 is 0 Å². The molecule has 3 nitrogen and oxygen atoms in total. The molecule has 2 atom stereocenters. The van der Waals surface area contributed by atoms with Crippen molar-refractivity contribution in [2.24, 2.45) is 11.8 Å². The van der Waals surface area contributed by atoms with E-state index in [4.69, 9.17) is 0 Å². The smallest absolute Gasteiger partial charge is 0.227 e. The first-order valence-corrected chi connectivity index (χ1v) is 9.09. The summed E-state index contributed by atoms with van der Waals surface area (Å²) in [4.78, 5) is 20.3. The first kappa shape index (κ1) is 13.8. The molecule has 1 saturated carbocycles. The average molecular weight is 304 g/mol. The van der Waals surface area contributed by atoms with E-state index in [0.29, 0.717) is 11.9 Å². The van der Waals surface area contributed by atoms with Crippen LogP contribution in [0.4, 0.5) is 0 Å². The molecule has 0 N–H and O–H groups in total. The molecule has 21 heavy (non-hydrogen) atoms. The molecule has 5 rings (SSSR count). The van der Waals surface area contributed by atoms with Crippen molar-refractivity contribution >= 4 is 17.2 Å². The van der Waals surface area contributed by atoms with Gasteiger partial charge in [0.25, 0.3) is 0 Å². The summed E-state index contributed by atoms with van der Waals surface area (Å²) < 4.78 is 0. The third kappa shape index (κ3) is 2.88. The Labute approximate surface area is 130 Å². The molecule has 0 aromatic carbocycles. The number of thiophene rings is 1. The summed E-state index contributed by atoms with van der Waals surface area (Å²) in [7, 11) is 0. The van der Waals surface area contributed by atoms with Crippen molar-refractivity contribution in [3.8, 4) is 0 Å². The molecular weight excluding hydrogens is 280 g/mol. The quantitative estimate of drug-likeness (QED) is 0.854. The number of piperidine rings is 1. The van der Waals surface area contributed by atoms with Crippen molar-refractivity contribution in [2.75, 3.05) is 19.6 Å². The fraction of sp³-hybridized carbons (Fsp3) is 0.706. The van der Waals surface area contributed by atoms with Gasteiger partial charge in [-0.25, -0.2) is 0 Å². The minimum Gasteiger partial charge on any atom is -0.338 e. The van der Waals surface area contributed by atoms with E-state index in [0.717, 1.165) is 38.5 Å². The van der Waals surface area contributed by atoms with Crippen LogP contribution >= 0.6 is 11.3 Å². The fourth-order valence-corrected chi connectivity index (χ4v) is 4.80. The van der Waals surface area contributed by atoms with Gasteiger partial charge in [0.15, 0.2) is 0 Å². The number of fused-ring (bicyclic) bond motifs is 4. The highest BCUT2D eigenvalue weighted by atomic mass is 32.1. The summed E-state index contributed by atoms with van der Waals surface area (Å²) >= 11 is 1.89. The van der Waals surface area contributed by atoms with Crippen LogP contribution in [0.2, 0.25) is 0 Å². The van der Waals surface area contributed by atoms with Crippen LogP contribution in [0.15, 0.2) is 12.1 Å². The van der Waals surface area contributed by atoms with Gasteiger partial charge in [-0.05, 0) is 50.7 Å². The molecule has 2 bridgehead atoms. The van der Waals surface area contributed by atoms with Crippen molar-refractivity contribution in [2.45, 2.75) is 45.2 Å². The first-order valence-electron chi connectivity index (χ1n) is 8.27. The highest BCUT2D eigenvalue weighted by Gasteiger charge is 2.42. The third-order valence-corrected chi connectivity index (χ3v) is 6.18. The van der Waals surface area contributed by atoms with E-state index in [2.05, 4.69) is 28.9 Å². The molecule has 1 aromatic rings. The lowest BCUT2D eigenvalue weighted by Crippen LogP contribution is -2.48. The Balaban J connectivity index is 1.48. The Morgan fingerprint density at radius 1 is 1.19 bits per heavy atom. The second-order valence-corrected chi connectivity index (χ2v) is 8.44. The minimum atomic E-state index is 0.253. The summed E-state index contributed by atoms with van der Waals surface area (Å²) in [5, 5.41) is 0. The Morgan fingerprint density at radius 3 is 2.76 bits per heavy atom. The monoisotopic (exact) mass is 304 g/mol. The molecule has 1 amide bonds. The number of hydrogen-bond acceptors (Lipinski definition) is 3. The van der Waals surface area contributed by atoms with Crippen LogP contribution in [0, 0.1) is 18.8 Å². The van der Waals surface area contributed by atoms with Gasteiger partial charge in [-0.3, -0.25) is 9.69 Å². The molecule has 0 spiro atoms. The summed E-state index contributed by atoms with van der Waals surface area (Å²) in [5.41, 5.74) is 0. The van der Waals surface area contributed by atoms with Gasteiger partial charge in [0, 0.05) is 42.0 Å². The fourth-order valence-electron chi connectivity index (χ4n) is 3.87. The van der Waals surface area contributed by atoms with Crippen molar-refractivity contribution in [3.05, 3.63) is 21.9 Å². The molecule has 3 saturated heterocycles. The van der Waals surface area contributed by atoms with Crippen molar-refractivity contribution < 1.29 is 4.79 Å². The molecule has 0 unspecified atom stereocenters. The molecular formula is C17H24N2OS. The predicted octanol–water partition coefficient (Wildman–Crippen LogP) is 2.89. The van der Waals surface area contributed by atoms with E-state index in [1.54, 1.807) is 0 Å². The standard InChI is InChI=1S/C17H24N2OS/c1-12-2-7-16(21-12)11-18-9-14-5-6-15(10-18)19(17(14)20)8-13-3-4-13/h2,7,13-15H,3-6,8-11H2,1H3/t14-,15+/m1/s1. The molecule has 114 valence electrons. The van der Waals surface area contributed by atoms with Gasteiger partial charge in [-0.1, -0.05) is 0 Å². The van der Waals surface area contributed by atoms with E-state index >= 15 is 0 Å². The second-order valence-electron chi connectivity index (χ2n) is 7.07. The number of carbonyl (C=O) groups excluding carboxylic acids is 1. The van der Waals surface area contributed by atoms with E-state index in [9.17, 15) is 4.79 Å². The Bertz CT molecular complexity index is 537. The van der Waals surface area contributed by atoms with Crippen molar-refractivity contribution in [1.29, 1.82) is 0 Å². The SMILES string of the molecule is Cc1ccc(CN2C[C@H]3CC[C@@H](C2)N(CC2CC2)C3=O)s1. The number of hydrogen-bond donors (Lipinski definition) is 0. The molecule has 0 radical (unpaired) electrons. The highest BCUT2D eigenvalue weighted by Crippen LogP contribution is 2.36. The molecule has 1 aliphatic carbocycles. The van der Waals surface area contributed by atoms with E-state index in [1.807, 2.05) is 11.3 Å².